The molecule has 1 rings (SSSR count). The van der Waals surface area contributed by atoms with E-state index in [0.29, 0.717) is 6.04 Å². The van der Waals surface area contributed by atoms with Gasteiger partial charge in [-0.2, -0.15) is 0 Å². The van der Waals surface area contributed by atoms with Crippen LogP contribution < -0.4 is 5.73 Å². The van der Waals surface area contributed by atoms with E-state index < -0.39 is 0 Å². The highest BCUT2D eigenvalue weighted by atomic mass is 16.1. The summed E-state index contributed by atoms with van der Waals surface area (Å²) in [6, 6.07) is 0.435. The maximum atomic E-state index is 10.9. The van der Waals surface area contributed by atoms with E-state index in [1.807, 2.05) is 13.8 Å². The summed E-state index contributed by atoms with van der Waals surface area (Å²) in [6.45, 7) is 9.22. The van der Waals surface area contributed by atoms with Crippen LogP contribution >= 0.6 is 0 Å². The van der Waals surface area contributed by atoms with Gasteiger partial charge in [0.15, 0.2) is 0 Å². The lowest BCUT2D eigenvalue weighted by Gasteiger charge is -2.25. The minimum absolute atomic E-state index is 0.00463. The van der Waals surface area contributed by atoms with Crippen LogP contribution in [0.3, 0.4) is 0 Å². The lowest BCUT2D eigenvalue weighted by molar-refractivity contribution is -0.122. The monoisotopic (exact) mass is 186 g/mol. The largest absolute Gasteiger partial charge is 0.368 e. The molecule has 13 heavy (non-hydrogen) atoms. The van der Waals surface area contributed by atoms with Gasteiger partial charge in [-0.1, -0.05) is 13.8 Å². The third-order valence-corrected chi connectivity index (χ3v) is 2.29. The molecule has 1 saturated heterocycles. The molecule has 0 radical (unpaired) electrons. The summed E-state index contributed by atoms with van der Waals surface area (Å²) in [5.41, 5.74) is 5.25. The molecule has 1 aliphatic rings. The van der Waals surface area contributed by atoms with E-state index >= 15 is 0 Å². The summed E-state index contributed by atoms with van der Waals surface area (Å²) >= 11 is 0. The van der Waals surface area contributed by atoms with Gasteiger partial charge >= 0.3 is 0 Å². The van der Waals surface area contributed by atoms with Crippen molar-refractivity contribution in [3.8, 4) is 0 Å². The van der Waals surface area contributed by atoms with Crippen molar-refractivity contribution in [1.29, 1.82) is 0 Å². The Labute approximate surface area is 81.3 Å². The molecule has 3 nitrogen and oxygen atoms in total. The molecule has 0 bridgehead atoms. The average Bonchev–Trinajstić information content (AvgIpc) is 2.55. The van der Waals surface area contributed by atoms with Gasteiger partial charge in [-0.15, -0.1) is 0 Å². The molecule has 1 heterocycles. The number of likely N-dealkylation sites (tertiary alicyclic amines) is 1. The van der Waals surface area contributed by atoms with Crippen LogP contribution in [0, 0.1) is 0 Å². The van der Waals surface area contributed by atoms with Gasteiger partial charge in [0.25, 0.3) is 0 Å². The molecule has 0 aromatic rings. The van der Waals surface area contributed by atoms with Crippen molar-refractivity contribution in [2.45, 2.75) is 52.6 Å². The van der Waals surface area contributed by atoms with Crippen LogP contribution in [0.1, 0.15) is 40.5 Å². The van der Waals surface area contributed by atoms with Gasteiger partial charge in [-0.25, -0.2) is 0 Å². The van der Waals surface area contributed by atoms with Gasteiger partial charge in [0.2, 0.25) is 5.91 Å². The van der Waals surface area contributed by atoms with E-state index in [1.165, 1.54) is 0 Å². The summed E-state index contributed by atoms with van der Waals surface area (Å²) in [5.74, 6) is -0.170. The predicted octanol–water partition coefficient (Wildman–Crippen LogP) is 1.37. The summed E-state index contributed by atoms with van der Waals surface area (Å²) in [7, 11) is 0. The Kier molecular flexibility index (Phi) is 5.71. The molecular formula is C10H22N2O. The third-order valence-electron chi connectivity index (χ3n) is 2.29. The Hall–Kier alpha value is -0.570. The number of carbonyl (C=O) groups is 1. The minimum atomic E-state index is -0.170. The lowest BCUT2D eigenvalue weighted by atomic mass is 10.2. The molecule has 1 atom stereocenters. The van der Waals surface area contributed by atoms with Crippen molar-refractivity contribution >= 4 is 5.91 Å². The Bertz CT molecular complexity index is 157. The molecule has 0 aromatic heterocycles. The fraction of sp³-hybridized carbons (Fsp3) is 0.900. The zero-order chi connectivity index (χ0) is 10.4. The SMILES string of the molecule is CC.CC(C)N1CCCC1C(N)=O. The first-order valence-electron chi connectivity index (χ1n) is 5.18. The molecule has 0 aliphatic carbocycles. The van der Waals surface area contributed by atoms with Gasteiger partial charge in [-0.05, 0) is 33.2 Å². The maximum Gasteiger partial charge on any atom is 0.234 e. The van der Waals surface area contributed by atoms with Gasteiger partial charge in [0, 0.05) is 6.04 Å². The molecule has 1 aliphatic heterocycles. The predicted molar refractivity (Wildman–Crippen MR) is 55.4 cm³/mol. The quantitative estimate of drug-likeness (QED) is 0.708. The second kappa shape index (κ2) is 5.97. The van der Waals surface area contributed by atoms with Crippen molar-refractivity contribution in [2.75, 3.05) is 6.54 Å². The molecule has 1 fully saturated rings. The number of amides is 1. The van der Waals surface area contributed by atoms with E-state index in [4.69, 9.17) is 5.73 Å². The van der Waals surface area contributed by atoms with Gasteiger partial charge < -0.3 is 5.73 Å². The van der Waals surface area contributed by atoms with Crippen molar-refractivity contribution in [2.24, 2.45) is 5.73 Å². The summed E-state index contributed by atoms with van der Waals surface area (Å²) < 4.78 is 0. The molecule has 0 aromatic carbocycles. The topological polar surface area (TPSA) is 46.3 Å². The van der Waals surface area contributed by atoms with Crippen LogP contribution in [0.5, 0.6) is 0 Å². The van der Waals surface area contributed by atoms with Gasteiger partial charge in [-0.3, -0.25) is 9.69 Å². The molecule has 78 valence electrons. The fourth-order valence-electron chi connectivity index (χ4n) is 1.71. The van der Waals surface area contributed by atoms with E-state index in [1.54, 1.807) is 0 Å². The highest BCUT2D eigenvalue weighted by molar-refractivity contribution is 5.80. The van der Waals surface area contributed by atoms with E-state index in [-0.39, 0.29) is 11.9 Å². The standard InChI is InChI=1S/C8H16N2O.C2H6/c1-6(2)10-5-3-4-7(10)8(9)11;1-2/h6-7H,3-5H2,1-2H3,(H2,9,11);1-2H3. The number of rotatable bonds is 2. The lowest BCUT2D eigenvalue weighted by Crippen LogP contribution is -2.43. The molecule has 1 unspecified atom stereocenters. The Morgan fingerprint density at radius 1 is 1.46 bits per heavy atom. The minimum Gasteiger partial charge on any atom is -0.368 e. The van der Waals surface area contributed by atoms with Crippen LogP contribution in [-0.4, -0.2) is 29.4 Å². The Balaban J connectivity index is 0.000000671. The molecule has 2 N–H and O–H groups in total. The first kappa shape index (κ1) is 12.4. The molecular weight excluding hydrogens is 164 g/mol. The van der Waals surface area contributed by atoms with Crippen LogP contribution in [0.2, 0.25) is 0 Å². The Morgan fingerprint density at radius 2 is 2.00 bits per heavy atom. The number of nitrogens with zero attached hydrogens (tertiary/aromatic N) is 1. The number of primary amides is 1. The maximum absolute atomic E-state index is 10.9. The zero-order valence-electron chi connectivity index (χ0n) is 9.21. The van der Waals surface area contributed by atoms with Crippen molar-refractivity contribution in [3.63, 3.8) is 0 Å². The van der Waals surface area contributed by atoms with Crippen molar-refractivity contribution in [1.82, 2.24) is 4.90 Å². The van der Waals surface area contributed by atoms with Crippen molar-refractivity contribution < 1.29 is 4.79 Å². The number of carbonyl (C=O) groups excluding carboxylic acids is 1. The normalized spacial score (nSPS) is 22.7. The first-order valence-corrected chi connectivity index (χ1v) is 5.18. The van der Waals surface area contributed by atoms with Gasteiger partial charge in [0.1, 0.15) is 0 Å². The highest BCUT2D eigenvalue weighted by Crippen LogP contribution is 2.18. The number of hydrogen-bond donors (Lipinski definition) is 1. The summed E-state index contributed by atoms with van der Waals surface area (Å²) in [4.78, 5) is 13.1. The van der Waals surface area contributed by atoms with Crippen LogP contribution in [0.15, 0.2) is 0 Å². The molecule has 0 saturated carbocycles. The number of hydrogen-bond acceptors (Lipinski definition) is 2. The third kappa shape index (κ3) is 3.35. The second-order valence-corrected chi connectivity index (χ2v) is 3.39. The van der Waals surface area contributed by atoms with E-state index in [0.717, 1.165) is 19.4 Å². The average molecular weight is 186 g/mol. The fourth-order valence-corrected chi connectivity index (χ4v) is 1.71. The molecule has 0 spiro atoms. The number of nitrogens with two attached hydrogens (primary N) is 1. The summed E-state index contributed by atoms with van der Waals surface area (Å²) in [5, 5.41) is 0. The molecule has 3 heteroatoms. The van der Waals surface area contributed by atoms with Crippen LogP contribution in [0.25, 0.3) is 0 Å². The second-order valence-electron chi connectivity index (χ2n) is 3.39. The van der Waals surface area contributed by atoms with Crippen molar-refractivity contribution in [3.05, 3.63) is 0 Å². The van der Waals surface area contributed by atoms with Gasteiger partial charge in [0.05, 0.1) is 6.04 Å². The van der Waals surface area contributed by atoms with Crippen LogP contribution in [0.4, 0.5) is 0 Å². The Morgan fingerprint density at radius 3 is 2.31 bits per heavy atom. The highest BCUT2D eigenvalue weighted by Gasteiger charge is 2.30. The smallest absolute Gasteiger partial charge is 0.234 e. The zero-order valence-corrected chi connectivity index (χ0v) is 9.21. The van der Waals surface area contributed by atoms with E-state index in [9.17, 15) is 4.79 Å². The van der Waals surface area contributed by atoms with Crippen LogP contribution in [-0.2, 0) is 4.79 Å². The summed E-state index contributed by atoms with van der Waals surface area (Å²) in [6.07, 6.45) is 2.04. The van der Waals surface area contributed by atoms with E-state index in [2.05, 4.69) is 18.7 Å². The molecule has 1 amide bonds. The first-order chi connectivity index (χ1) is 6.13.